The standard InChI is InChI=1S/C16H17ClN2O/c1-2-4-14-15(17)18-10-19-16(14)20-13-8-7-11-5-3-6-12(11)9-13/h7-10H,2-6H2,1H3. The minimum Gasteiger partial charge on any atom is -0.439 e. The van der Waals surface area contributed by atoms with E-state index < -0.39 is 0 Å². The summed E-state index contributed by atoms with van der Waals surface area (Å²) in [6.45, 7) is 2.10. The van der Waals surface area contributed by atoms with Gasteiger partial charge in [0.25, 0.3) is 0 Å². The first-order valence-corrected chi connectivity index (χ1v) is 7.44. The van der Waals surface area contributed by atoms with Crippen molar-refractivity contribution in [2.45, 2.75) is 39.0 Å². The summed E-state index contributed by atoms with van der Waals surface area (Å²) >= 11 is 6.14. The van der Waals surface area contributed by atoms with Crippen LogP contribution in [0.15, 0.2) is 24.5 Å². The van der Waals surface area contributed by atoms with Gasteiger partial charge in [-0.3, -0.25) is 0 Å². The molecule has 1 aromatic heterocycles. The Morgan fingerprint density at radius 3 is 2.90 bits per heavy atom. The highest BCUT2D eigenvalue weighted by Crippen LogP contribution is 2.31. The van der Waals surface area contributed by atoms with Crippen LogP contribution in [0.25, 0.3) is 0 Å². The molecule has 0 aliphatic heterocycles. The van der Waals surface area contributed by atoms with Gasteiger partial charge in [0.05, 0.1) is 5.56 Å². The molecule has 0 saturated carbocycles. The summed E-state index contributed by atoms with van der Waals surface area (Å²) in [5, 5.41) is 0.484. The van der Waals surface area contributed by atoms with Crippen LogP contribution in [0.1, 0.15) is 36.5 Å². The zero-order valence-corrected chi connectivity index (χ0v) is 12.3. The molecule has 0 saturated heterocycles. The quantitative estimate of drug-likeness (QED) is 0.784. The molecule has 0 spiro atoms. The van der Waals surface area contributed by atoms with Crippen LogP contribution >= 0.6 is 11.6 Å². The van der Waals surface area contributed by atoms with Gasteiger partial charge in [-0.2, -0.15) is 0 Å². The summed E-state index contributed by atoms with van der Waals surface area (Å²) in [6.07, 6.45) is 6.80. The van der Waals surface area contributed by atoms with Gasteiger partial charge in [-0.1, -0.05) is 31.0 Å². The van der Waals surface area contributed by atoms with E-state index in [1.54, 1.807) is 0 Å². The van der Waals surface area contributed by atoms with E-state index in [0.29, 0.717) is 11.0 Å². The molecular formula is C16H17ClN2O. The first-order chi connectivity index (χ1) is 9.78. The van der Waals surface area contributed by atoms with Gasteiger partial charge in [-0.15, -0.1) is 0 Å². The van der Waals surface area contributed by atoms with E-state index in [0.717, 1.165) is 30.6 Å². The van der Waals surface area contributed by atoms with Crippen molar-refractivity contribution < 1.29 is 4.74 Å². The fourth-order valence-electron chi connectivity index (χ4n) is 2.65. The number of hydrogen-bond donors (Lipinski definition) is 0. The molecule has 4 heteroatoms. The van der Waals surface area contributed by atoms with Crippen LogP contribution in [0.3, 0.4) is 0 Å². The first-order valence-electron chi connectivity index (χ1n) is 7.07. The van der Waals surface area contributed by atoms with Gasteiger partial charge in [-0.05, 0) is 48.9 Å². The fraction of sp³-hybridized carbons (Fsp3) is 0.375. The zero-order chi connectivity index (χ0) is 13.9. The molecule has 0 N–H and O–H groups in total. The maximum absolute atomic E-state index is 6.14. The molecule has 1 heterocycles. The first kappa shape index (κ1) is 13.4. The maximum atomic E-state index is 6.14. The Morgan fingerprint density at radius 1 is 1.20 bits per heavy atom. The lowest BCUT2D eigenvalue weighted by molar-refractivity contribution is 0.453. The van der Waals surface area contributed by atoms with Crippen LogP contribution in [-0.2, 0) is 19.3 Å². The number of benzene rings is 1. The number of fused-ring (bicyclic) bond motifs is 1. The van der Waals surface area contributed by atoms with E-state index in [4.69, 9.17) is 16.3 Å². The molecule has 1 aliphatic rings. The van der Waals surface area contributed by atoms with Gasteiger partial charge in [0.2, 0.25) is 5.88 Å². The number of halogens is 1. The van der Waals surface area contributed by atoms with Crippen LogP contribution in [0.2, 0.25) is 5.15 Å². The Hall–Kier alpha value is -1.61. The topological polar surface area (TPSA) is 35.0 Å². The fourth-order valence-corrected chi connectivity index (χ4v) is 2.87. The van der Waals surface area contributed by atoms with Gasteiger partial charge < -0.3 is 4.74 Å². The van der Waals surface area contributed by atoms with Crippen molar-refractivity contribution in [3.8, 4) is 11.6 Å². The minimum absolute atomic E-state index is 0.484. The smallest absolute Gasteiger partial charge is 0.227 e. The Balaban J connectivity index is 1.89. The largest absolute Gasteiger partial charge is 0.439 e. The van der Waals surface area contributed by atoms with E-state index in [-0.39, 0.29) is 0 Å². The van der Waals surface area contributed by atoms with Crippen molar-refractivity contribution in [3.05, 3.63) is 46.4 Å². The number of aryl methyl sites for hydroxylation is 2. The minimum atomic E-state index is 0.484. The number of nitrogens with zero attached hydrogens (tertiary/aromatic N) is 2. The van der Waals surface area contributed by atoms with Crippen molar-refractivity contribution in [1.29, 1.82) is 0 Å². The van der Waals surface area contributed by atoms with Gasteiger partial charge >= 0.3 is 0 Å². The molecule has 3 rings (SSSR count). The predicted octanol–water partition coefficient (Wildman–Crippen LogP) is 4.36. The normalized spacial score (nSPS) is 13.3. The molecule has 1 aromatic carbocycles. The second kappa shape index (κ2) is 5.80. The number of hydrogen-bond acceptors (Lipinski definition) is 3. The number of ether oxygens (including phenoxy) is 1. The second-order valence-electron chi connectivity index (χ2n) is 5.08. The molecule has 0 fully saturated rings. The third kappa shape index (κ3) is 2.63. The van der Waals surface area contributed by atoms with Crippen molar-refractivity contribution in [1.82, 2.24) is 9.97 Å². The molecule has 1 aliphatic carbocycles. The van der Waals surface area contributed by atoms with Crippen molar-refractivity contribution in [2.75, 3.05) is 0 Å². The third-order valence-corrected chi connectivity index (χ3v) is 3.96. The SMILES string of the molecule is CCCc1c(Cl)ncnc1Oc1ccc2c(c1)CCC2. The van der Waals surface area contributed by atoms with E-state index in [1.165, 1.54) is 30.3 Å². The predicted molar refractivity (Wildman–Crippen MR) is 79.6 cm³/mol. The average molecular weight is 289 g/mol. The Bertz CT molecular complexity index is 628. The van der Waals surface area contributed by atoms with E-state index in [9.17, 15) is 0 Å². The van der Waals surface area contributed by atoms with E-state index in [2.05, 4.69) is 29.0 Å². The van der Waals surface area contributed by atoms with Crippen LogP contribution in [0.5, 0.6) is 11.6 Å². The highest BCUT2D eigenvalue weighted by Gasteiger charge is 2.14. The molecule has 0 atom stereocenters. The lowest BCUT2D eigenvalue weighted by atomic mass is 10.1. The van der Waals surface area contributed by atoms with Crippen LogP contribution in [0.4, 0.5) is 0 Å². The Kier molecular flexibility index (Phi) is 3.88. The zero-order valence-electron chi connectivity index (χ0n) is 11.5. The highest BCUT2D eigenvalue weighted by molar-refractivity contribution is 6.30. The summed E-state index contributed by atoms with van der Waals surface area (Å²) in [7, 11) is 0. The van der Waals surface area contributed by atoms with Crippen molar-refractivity contribution in [2.24, 2.45) is 0 Å². The summed E-state index contributed by atoms with van der Waals surface area (Å²) in [6, 6.07) is 6.28. The monoisotopic (exact) mass is 288 g/mol. The van der Waals surface area contributed by atoms with Crippen LogP contribution in [0, 0.1) is 0 Å². The molecule has 0 radical (unpaired) electrons. The van der Waals surface area contributed by atoms with Crippen molar-refractivity contribution >= 4 is 11.6 Å². The van der Waals surface area contributed by atoms with Crippen LogP contribution < -0.4 is 4.74 Å². The number of rotatable bonds is 4. The molecule has 0 bridgehead atoms. The summed E-state index contributed by atoms with van der Waals surface area (Å²) in [5.41, 5.74) is 3.71. The van der Waals surface area contributed by atoms with Gasteiger partial charge in [0.15, 0.2) is 0 Å². The molecule has 20 heavy (non-hydrogen) atoms. The van der Waals surface area contributed by atoms with Gasteiger partial charge in [0, 0.05) is 0 Å². The molecule has 0 amide bonds. The third-order valence-electron chi connectivity index (χ3n) is 3.64. The number of aromatic nitrogens is 2. The van der Waals surface area contributed by atoms with Crippen LogP contribution in [-0.4, -0.2) is 9.97 Å². The molecule has 0 unspecified atom stereocenters. The van der Waals surface area contributed by atoms with E-state index >= 15 is 0 Å². The van der Waals surface area contributed by atoms with E-state index in [1.807, 2.05) is 6.07 Å². The lowest BCUT2D eigenvalue weighted by Crippen LogP contribution is -1.98. The summed E-state index contributed by atoms with van der Waals surface area (Å²) < 4.78 is 5.93. The maximum Gasteiger partial charge on any atom is 0.227 e. The van der Waals surface area contributed by atoms with Crippen molar-refractivity contribution in [3.63, 3.8) is 0 Å². The second-order valence-corrected chi connectivity index (χ2v) is 5.44. The highest BCUT2D eigenvalue weighted by atomic mass is 35.5. The molecule has 104 valence electrons. The van der Waals surface area contributed by atoms with Gasteiger partial charge in [0.1, 0.15) is 17.2 Å². The average Bonchev–Trinajstić information content (AvgIpc) is 2.90. The molecule has 3 nitrogen and oxygen atoms in total. The summed E-state index contributed by atoms with van der Waals surface area (Å²) in [4.78, 5) is 8.26. The van der Waals surface area contributed by atoms with Gasteiger partial charge in [-0.25, -0.2) is 9.97 Å². The molecule has 2 aromatic rings. The molecular weight excluding hydrogens is 272 g/mol. The summed E-state index contributed by atoms with van der Waals surface area (Å²) in [5.74, 6) is 1.41. The Labute approximate surface area is 124 Å². The Morgan fingerprint density at radius 2 is 2.05 bits per heavy atom. The lowest BCUT2D eigenvalue weighted by Gasteiger charge is -2.11.